The van der Waals surface area contributed by atoms with Crippen molar-refractivity contribution >= 4 is 17.2 Å². The van der Waals surface area contributed by atoms with Crippen LogP contribution in [-0.4, -0.2) is 27.0 Å². The molecule has 0 aliphatic heterocycles. The van der Waals surface area contributed by atoms with Crippen molar-refractivity contribution in [1.29, 1.82) is 0 Å². The van der Waals surface area contributed by atoms with E-state index in [4.69, 9.17) is 4.74 Å². The van der Waals surface area contributed by atoms with Crippen LogP contribution in [0, 0.1) is 20.8 Å². The number of rotatable bonds is 4. The van der Waals surface area contributed by atoms with Gasteiger partial charge in [0, 0.05) is 35.5 Å². The molecular weight excluding hydrogens is 352 g/mol. The van der Waals surface area contributed by atoms with Gasteiger partial charge in [0.1, 0.15) is 11.4 Å². The van der Waals surface area contributed by atoms with Crippen molar-refractivity contribution < 1.29 is 9.53 Å². The monoisotopic (exact) mass is 374 g/mol. The zero-order chi connectivity index (χ0) is 19.8. The summed E-state index contributed by atoms with van der Waals surface area (Å²) in [4.78, 5) is 17.3. The van der Waals surface area contributed by atoms with Gasteiger partial charge in [-0.25, -0.2) is 4.98 Å². The van der Waals surface area contributed by atoms with Crippen LogP contribution in [0.2, 0.25) is 0 Å². The zero-order valence-electron chi connectivity index (χ0n) is 16.4. The Kier molecular flexibility index (Phi) is 4.39. The van der Waals surface area contributed by atoms with Crippen LogP contribution in [0.25, 0.3) is 11.3 Å². The number of carbonyl (C=O) groups excluding carboxylic acids is 1. The molecular formula is C22H22N4O2. The number of nitrogens with one attached hydrogen (secondary N) is 1. The highest BCUT2D eigenvalue weighted by atomic mass is 16.5. The molecule has 0 atom stereocenters. The van der Waals surface area contributed by atoms with Crippen molar-refractivity contribution in [1.82, 2.24) is 14.0 Å². The Labute approximate surface area is 163 Å². The minimum absolute atomic E-state index is 0.140. The van der Waals surface area contributed by atoms with Gasteiger partial charge in [0.05, 0.1) is 24.1 Å². The summed E-state index contributed by atoms with van der Waals surface area (Å²) in [5.41, 5.74) is 5.98. The van der Waals surface area contributed by atoms with Crippen molar-refractivity contribution in [2.24, 2.45) is 0 Å². The molecule has 0 fully saturated rings. The third-order valence-corrected chi connectivity index (χ3v) is 4.82. The molecule has 0 spiro atoms. The highest BCUT2D eigenvalue weighted by Gasteiger charge is 2.17. The number of hydrogen-bond donors (Lipinski definition) is 1. The lowest BCUT2D eigenvalue weighted by molar-refractivity contribution is 0.102. The molecule has 1 amide bonds. The van der Waals surface area contributed by atoms with Gasteiger partial charge in [-0.05, 0) is 51.1 Å². The Bertz CT molecular complexity index is 1190. The van der Waals surface area contributed by atoms with E-state index in [0.29, 0.717) is 5.56 Å². The Balaban J connectivity index is 1.65. The first kappa shape index (κ1) is 17.9. The van der Waals surface area contributed by atoms with Crippen LogP contribution in [-0.2, 0) is 0 Å². The fourth-order valence-electron chi connectivity index (χ4n) is 3.53. The maximum Gasteiger partial charge on any atom is 0.257 e. The Morgan fingerprint density at radius 1 is 1.07 bits per heavy atom. The molecule has 3 aromatic heterocycles. The number of hydrogen-bond acceptors (Lipinski definition) is 3. The third-order valence-electron chi connectivity index (χ3n) is 4.82. The average Bonchev–Trinajstić information content (AvgIpc) is 3.19. The number of nitrogens with zero attached hydrogens (tertiary/aromatic N) is 3. The summed E-state index contributed by atoms with van der Waals surface area (Å²) in [7, 11) is 1.64. The summed E-state index contributed by atoms with van der Waals surface area (Å²) in [5.74, 6) is 0.637. The molecule has 6 heteroatoms. The Morgan fingerprint density at radius 3 is 2.68 bits per heavy atom. The second-order valence-electron chi connectivity index (χ2n) is 6.84. The molecule has 1 aromatic carbocycles. The number of fused-ring (bicyclic) bond motifs is 1. The van der Waals surface area contributed by atoms with Gasteiger partial charge in [-0.3, -0.25) is 4.79 Å². The maximum absolute atomic E-state index is 12.9. The predicted molar refractivity (Wildman–Crippen MR) is 110 cm³/mol. The van der Waals surface area contributed by atoms with E-state index in [1.807, 2.05) is 80.0 Å². The quantitative estimate of drug-likeness (QED) is 0.579. The third kappa shape index (κ3) is 3.13. The van der Waals surface area contributed by atoms with E-state index < -0.39 is 0 Å². The van der Waals surface area contributed by atoms with E-state index in [-0.39, 0.29) is 5.91 Å². The van der Waals surface area contributed by atoms with E-state index in [2.05, 4.69) is 14.9 Å². The predicted octanol–water partition coefficient (Wildman–Crippen LogP) is 4.31. The van der Waals surface area contributed by atoms with E-state index in [0.717, 1.165) is 39.9 Å². The molecule has 0 bridgehead atoms. The minimum Gasteiger partial charge on any atom is -0.497 e. The molecule has 3 heterocycles. The van der Waals surface area contributed by atoms with E-state index >= 15 is 0 Å². The second kappa shape index (κ2) is 6.88. The van der Waals surface area contributed by atoms with Crippen molar-refractivity contribution in [3.63, 3.8) is 0 Å². The number of aryl methyl sites for hydroxylation is 2. The summed E-state index contributed by atoms with van der Waals surface area (Å²) in [6.07, 6.45) is 3.80. The van der Waals surface area contributed by atoms with Crippen molar-refractivity contribution in [2.45, 2.75) is 20.8 Å². The van der Waals surface area contributed by atoms with E-state index in [9.17, 15) is 4.79 Å². The number of pyridine rings is 1. The highest BCUT2D eigenvalue weighted by molar-refractivity contribution is 6.05. The lowest BCUT2D eigenvalue weighted by Crippen LogP contribution is -2.13. The fourth-order valence-corrected chi connectivity index (χ4v) is 3.53. The molecule has 0 aliphatic rings. The van der Waals surface area contributed by atoms with Gasteiger partial charge in [-0.2, -0.15) is 0 Å². The molecule has 0 saturated heterocycles. The number of amides is 1. The summed E-state index contributed by atoms with van der Waals surface area (Å²) in [6.45, 7) is 5.88. The summed E-state index contributed by atoms with van der Waals surface area (Å²) < 4.78 is 9.29. The van der Waals surface area contributed by atoms with Crippen LogP contribution in [0.5, 0.6) is 5.75 Å². The average molecular weight is 374 g/mol. The van der Waals surface area contributed by atoms with Gasteiger partial charge < -0.3 is 19.0 Å². The molecule has 0 aliphatic carbocycles. The van der Waals surface area contributed by atoms with Crippen molar-refractivity contribution in [2.75, 3.05) is 12.4 Å². The first-order valence-corrected chi connectivity index (χ1v) is 9.06. The summed E-state index contributed by atoms with van der Waals surface area (Å²) in [6, 6.07) is 13.5. The van der Waals surface area contributed by atoms with Crippen LogP contribution in [0.3, 0.4) is 0 Å². The molecule has 0 saturated carbocycles. The number of anilines is 1. The molecule has 1 N–H and O–H groups in total. The fraction of sp³-hybridized carbons (Fsp3) is 0.182. The van der Waals surface area contributed by atoms with Crippen molar-refractivity contribution in [3.05, 3.63) is 77.5 Å². The summed E-state index contributed by atoms with van der Waals surface area (Å²) >= 11 is 0. The lowest BCUT2D eigenvalue weighted by atomic mass is 10.2. The van der Waals surface area contributed by atoms with E-state index in [1.165, 1.54) is 0 Å². The molecule has 4 rings (SSSR count). The standard InChI is InChI=1S/C22H22N4O2/c1-14-12-25-13-17(8-9-21(25)23-14)24-22(27)20-10-15(2)26(16(20)3)18-6-5-7-19(11-18)28-4/h5-13H,1-4H3,(H,24,27). The Morgan fingerprint density at radius 2 is 1.89 bits per heavy atom. The van der Waals surface area contributed by atoms with Crippen LogP contribution >= 0.6 is 0 Å². The first-order chi connectivity index (χ1) is 13.5. The highest BCUT2D eigenvalue weighted by Crippen LogP contribution is 2.24. The number of carbonyl (C=O) groups is 1. The Hall–Kier alpha value is -3.54. The van der Waals surface area contributed by atoms with Crippen molar-refractivity contribution in [3.8, 4) is 11.4 Å². The smallest absolute Gasteiger partial charge is 0.257 e. The molecule has 142 valence electrons. The van der Waals surface area contributed by atoms with Gasteiger partial charge in [-0.15, -0.1) is 0 Å². The SMILES string of the molecule is COc1cccc(-n2c(C)cc(C(=O)Nc3ccc4nc(C)cn4c3)c2C)c1. The molecule has 0 unspecified atom stereocenters. The molecule has 28 heavy (non-hydrogen) atoms. The summed E-state index contributed by atoms with van der Waals surface area (Å²) in [5, 5.41) is 2.99. The lowest BCUT2D eigenvalue weighted by Gasteiger charge is -2.11. The number of imidazole rings is 1. The van der Waals surface area contributed by atoms with Crippen LogP contribution in [0.1, 0.15) is 27.4 Å². The molecule has 4 aromatic rings. The van der Waals surface area contributed by atoms with Gasteiger partial charge in [-0.1, -0.05) is 6.07 Å². The topological polar surface area (TPSA) is 60.6 Å². The van der Waals surface area contributed by atoms with Gasteiger partial charge in [0.25, 0.3) is 5.91 Å². The number of ether oxygens (including phenoxy) is 1. The van der Waals surface area contributed by atoms with Crippen LogP contribution in [0.4, 0.5) is 5.69 Å². The zero-order valence-corrected chi connectivity index (χ0v) is 16.4. The van der Waals surface area contributed by atoms with Crippen LogP contribution < -0.4 is 10.1 Å². The first-order valence-electron chi connectivity index (χ1n) is 9.06. The normalized spacial score (nSPS) is 11.0. The van der Waals surface area contributed by atoms with Gasteiger partial charge in [0.15, 0.2) is 0 Å². The van der Waals surface area contributed by atoms with E-state index in [1.54, 1.807) is 7.11 Å². The number of methoxy groups -OCH3 is 1. The second-order valence-corrected chi connectivity index (χ2v) is 6.84. The van der Waals surface area contributed by atoms with Crippen LogP contribution in [0.15, 0.2) is 54.9 Å². The number of benzene rings is 1. The molecule has 0 radical (unpaired) electrons. The maximum atomic E-state index is 12.9. The minimum atomic E-state index is -0.140. The number of aromatic nitrogens is 3. The molecule has 6 nitrogen and oxygen atoms in total. The van der Waals surface area contributed by atoms with Gasteiger partial charge in [0.2, 0.25) is 0 Å². The largest absolute Gasteiger partial charge is 0.497 e. The van der Waals surface area contributed by atoms with Gasteiger partial charge >= 0.3 is 0 Å².